The fraction of sp³-hybridized carbons (Fsp3) is 0.286. The number of nitrogens with zero attached hydrogens (tertiary/aromatic N) is 1. The zero-order chi connectivity index (χ0) is 20.3. The molecule has 0 aromatic heterocycles. The summed E-state index contributed by atoms with van der Waals surface area (Å²) in [6, 6.07) is 11.2. The first-order chi connectivity index (χ1) is 13.5. The Hall–Kier alpha value is -2.80. The number of carbonyl (C=O) groups is 3. The van der Waals surface area contributed by atoms with E-state index < -0.39 is 23.8 Å². The molecule has 0 radical (unpaired) electrons. The molecule has 0 unspecified atom stereocenters. The number of anilines is 1. The number of rotatable bonds is 7. The van der Waals surface area contributed by atoms with Gasteiger partial charge in [-0.3, -0.25) is 19.3 Å². The maximum atomic E-state index is 13.1. The third kappa shape index (κ3) is 3.75. The minimum Gasteiger partial charge on any atom is -0.495 e. The van der Waals surface area contributed by atoms with Gasteiger partial charge in [-0.25, -0.2) is 0 Å². The van der Waals surface area contributed by atoms with E-state index in [1.165, 1.54) is 7.11 Å². The van der Waals surface area contributed by atoms with E-state index in [9.17, 15) is 14.4 Å². The number of fused-ring (bicyclic) bond motifs is 1. The van der Waals surface area contributed by atoms with Gasteiger partial charge in [0.05, 0.1) is 23.9 Å². The van der Waals surface area contributed by atoms with Crippen molar-refractivity contribution in [3.05, 3.63) is 59.2 Å². The molecule has 1 aliphatic heterocycles. The first-order valence-electron chi connectivity index (χ1n) is 8.89. The van der Waals surface area contributed by atoms with Gasteiger partial charge in [0.1, 0.15) is 11.8 Å². The molecule has 3 rings (SSSR count). The van der Waals surface area contributed by atoms with Gasteiger partial charge >= 0.3 is 0 Å². The molecule has 0 fully saturated rings. The van der Waals surface area contributed by atoms with Crippen molar-refractivity contribution in [2.24, 2.45) is 0 Å². The normalized spacial score (nSPS) is 14.0. The molecule has 2 aromatic carbocycles. The zero-order valence-corrected chi connectivity index (χ0v) is 16.8. The van der Waals surface area contributed by atoms with Crippen molar-refractivity contribution in [2.45, 2.75) is 19.4 Å². The van der Waals surface area contributed by atoms with Gasteiger partial charge in [0.25, 0.3) is 11.8 Å². The van der Waals surface area contributed by atoms with Gasteiger partial charge in [-0.2, -0.15) is 11.8 Å². The number of ether oxygens (including phenoxy) is 1. The topological polar surface area (TPSA) is 75.7 Å². The van der Waals surface area contributed by atoms with Gasteiger partial charge < -0.3 is 10.1 Å². The maximum absolute atomic E-state index is 13.1. The largest absolute Gasteiger partial charge is 0.495 e. The number of methoxy groups -OCH3 is 1. The van der Waals surface area contributed by atoms with Crippen LogP contribution in [0.4, 0.5) is 5.69 Å². The molecule has 1 aliphatic rings. The molecule has 3 amide bonds. The van der Waals surface area contributed by atoms with Crippen LogP contribution in [-0.4, -0.2) is 47.8 Å². The van der Waals surface area contributed by atoms with Crippen molar-refractivity contribution in [3.63, 3.8) is 0 Å². The van der Waals surface area contributed by atoms with Crippen molar-refractivity contribution in [2.75, 3.05) is 24.4 Å². The van der Waals surface area contributed by atoms with Crippen molar-refractivity contribution < 1.29 is 19.1 Å². The van der Waals surface area contributed by atoms with Crippen LogP contribution in [-0.2, 0) is 4.79 Å². The molecule has 0 saturated carbocycles. The number of thioether (sulfide) groups is 1. The number of amides is 3. The first kappa shape index (κ1) is 19.9. The molecule has 28 heavy (non-hydrogen) atoms. The van der Waals surface area contributed by atoms with E-state index in [1.54, 1.807) is 48.2 Å². The van der Waals surface area contributed by atoms with Crippen molar-refractivity contribution in [1.82, 2.24) is 4.90 Å². The van der Waals surface area contributed by atoms with Crippen LogP contribution in [0.25, 0.3) is 0 Å². The number of aryl methyl sites for hydroxylation is 1. The second kappa shape index (κ2) is 8.48. The third-order valence-electron chi connectivity index (χ3n) is 4.65. The average Bonchev–Trinajstić information content (AvgIpc) is 2.94. The van der Waals surface area contributed by atoms with Crippen LogP contribution in [0.15, 0.2) is 42.5 Å². The lowest BCUT2D eigenvalue weighted by molar-refractivity contribution is -0.120. The summed E-state index contributed by atoms with van der Waals surface area (Å²) in [7, 11) is 1.52. The lowest BCUT2D eigenvalue weighted by Gasteiger charge is -2.25. The highest BCUT2D eigenvalue weighted by Gasteiger charge is 2.42. The van der Waals surface area contributed by atoms with Gasteiger partial charge in [-0.1, -0.05) is 18.2 Å². The van der Waals surface area contributed by atoms with Gasteiger partial charge in [0.2, 0.25) is 5.91 Å². The molecule has 6 nitrogen and oxygen atoms in total. The summed E-state index contributed by atoms with van der Waals surface area (Å²) in [5.74, 6) is -0.121. The lowest BCUT2D eigenvalue weighted by atomic mass is 10.1. The minimum atomic E-state index is -0.898. The summed E-state index contributed by atoms with van der Waals surface area (Å²) >= 11 is 1.55. The second-order valence-corrected chi connectivity index (χ2v) is 7.50. The predicted molar refractivity (Wildman–Crippen MR) is 110 cm³/mol. The molecule has 0 bridgehead atoms. The Morgan fingerprint density at radius 2 is 1.79 bits per heavy atom. The van der Waals surface area contributed by atoms with E-state index in [2.05, 4.69) is 5.32 Å². The zero-order valence-electron chi connectivity index (χ0n) is 16.0. The Kier molecular flexibility index (Phi) is 6.04. The van der Waals surface area contributed by atoms with Crippen LogP contribution in [0.2, 0.25) is 0 Å². The van der Waals surface area contributed by atoms with Gasteiger partial charge in [0.15, 0.2) is 0 Å². The summed E-state index contributed by atoms with van der Waals surface area (Å²) < 4.78 is 5.31. The van der Waals surface area contributed by atoms with E-state index in [-0.39, 0.29) is 0 Å². The summed E-state index contributed by atoms with van der Waals surface area (Å²) in [5, 5.41) is 2.84. The Bertz CT molecular complexity index is 893. The molecule has 1 heterocycles. The summed E-state index contributed by atoms with van der Waals surface area (Å²) in [6.45, 7) is 1.91. The number of benzene rings is 2. The second-order valence-electron chi connectivity index (χ2n) is 6.52. The summed E-state index contributed by atoms with van der Waals surface area (Å²) in [6.07, 6.45) is 2.29. The molecular formula is C21H22N2O4S. The van der Waals surface area contributed by atoms with E-state index in [4.69, 9.17) is 4.74 Å². The fourth-order valence-electron chi connectivity index (χ4n) is 3.23. The maximum Gasteiger partial charge on any atom is 0.262 e. The molecule has 0 aliphatic carbocycles. The highest BCUT2D eigenvalue weighted by Crippen LogP contribution is 2.29. The number of hydrogen-bond acceptors (Lipinski definition) is 5. The number of imide groups is 1. The quantitative estimate of drug-likeness (QED) is 0.724. The Labute approximate surface area is 168 Å². The molecule has 2 aromatic rings. The molecular weight excluding hydrogens is 376 g/mol. The minimum absolute atomic E-state index is 0.336. The monoisotopic (exact) mass is 398 g/mol. The van der Waals surface area contributed by atoms with Gasteiger partial charge in [-0.15, -0.1) is 0 Å². The Balaban J connectivity index is 1.91. The molecule has 146 valence electrons. The third-order valence-corrected chi connectivity index (χ3v) is 5.29. The highest BCUT2D eigenvalue weighted by atomic mass is 32.2. The van der Waals surface area contributed by atoms with Gasteiger partial charge in [0, 0.05) is 0 Å². The standard InChI is InChI=1S/C21H22N2O4S/c1-13-8-9-18(27-2)16(12-13)22-19(24)17(10-11-28-3)23-20(25)14-6-4-5-7-15(14)21(23)26/h4-9,12,17H,10-11H2,1-3H3,(H,22,24)/t17-/m1/s1. The van der Waals surface area contributed by atoms with E-state index in [0.29, 0.717) is 34.7 Å². The van der Waals surface area contributed by atoms with E-state index in [1.807, 2.05) is 19.2 Å². The van der Waals surface area contributed by atoms with Crippen molar-refractivity contribution >= 4 is 35.2 Å². The SMILES string of the molecule is COc1ccc(C)cc1NC(=O)[C@@H](CCSC)N1C(=O)c2ccccc2C1=O. The van der Waals surface area contributed by atoms with Crippen LogP contribution >= 0.6 is 11.8 Å². The van der Waals surface area contributed by atoms with Gasteiger partial charge in [-0.05, 0) is 55.2 Å². The smallest absolute Gasteiger partial charge is 0.262 e. The number of nitrogens with one attached hydrogen (secondary N) is 1. The lowest BCUT2D eigenvalue weighted by Crippen LogP contribution is -2.47. The molecule has 7 heteroatoms. The Morgan fingerprint density at radius 1 is 1.14 bits per heavy atom. The van der Waals surface area contributed by atoms with Crippen molar-refractivity contribution in [3.8, 4) is 5.75 Å². The Morgan fingerprint density at radius 3 is 2.36 bits per heavy atom. The highest BCUT2D eigenvalue weighted by molar-refractivity contribution is 7.98. The molecule has 1 N–H and O–H groups in total. The van der Waals surface area contributed by atoms with Crippen LogP contribution < -0.4 is 10.1 Å². The number of hydrogen-bond donors (Lipinski definition) is 1. The van der Waals surface area contributed by atoms with Crippen LogP contribution in [0.1, 0.15) is 32.7 Å². The van der Waals surface area contributed by atoms with Crippen LogP contribution in [0.5, 0.6) is 5.75 Å². The molecule has 0 saturated heterocycles. The molecule has 0 spiro atoms. The van der Waals surface area contributed by atoms with E-state index >= 15 is 0 Å². The fourth-order valence-corrected chi connectivity index (χ4v) is 3.69. The molecule has 1 atom stereocenters. The van der Waals surface area contributed by atoms with Crippen LogP contribution in [0.3, 0.4) is 0 Å². The summed E-state index contributed by atoms with van der Waals surface area (Å²) in [5.41, 5.74) is 2.14. The predicted octanol–water partition coefficient (Wildman–Crippen LogP) is 3.36. The first-order valence-corrected chi connectivity index (χ1v) is 10.3. The number of carbonyl (C=O) groups excluding carboxylic acids is 3. The average molecular weight is 398 g/mol. The van der Waals surface area contributed by atoms with Crippen LogP contribution in [0, 0.1) is 6.92 Å². The van der Waals surface area contributed by atoms with E-state index in [0.717, 1.165) is 10.5 Å². The van der Waals surface area contributed by atoms with Crippen molar-refractivity contribution in [1.29, 1.82) is 0 Å². The summed E-state index contributed by atoms with van der Waals surface area (Å²) in [4.78, 5) is 39.9.